The van der Waals surface area contributed by atoms with Crippen molar-refractivity contribution in [3.63, 3.8) is 0 Å². The molecule has 4 rings (SSSR count). The molecule has 1 aliphatic carbocycles. The van der Waals surface area contributed by atoms with Gasteiger partial charge in [-0.3, -0.25) is 0 Å². The van der Waals surface area contributed by atoms with Gasteiger partial charge < -0.3 is 10.3 Å². The van der Waals surface area contributed by atoms with Crippen LogP contribution >= 0.6 is 0 Å². The summed E-state index contributed by atoms with van der Waals surface area (Å²) in [5, 5.41) is 4.95. The molecule has 82 valence electrons. The molecule has 0 radical (unpaired) electrons. The molecule has 1 saturated carbocycles. The predicted octanol–water partition coefficient (Wildman–Crippen LogP) is 2.34. The fourth-order valence-electron chi connectivity index (χ4n) is 3.48. The van der Waals surface area contributed by atoms with E-state index < -0.39 is 0 Å². The van der Waals surface area contributed by atoms with E-state index in [0.29, 0.717) is 5.41 Å². The van der Waals surface area contributed by atoms with Crippen LogP contribution in [0.4, 0.5) is 0 Å². The number of fused-ring (bicyclic) bond motifs is 2. The van der Waals surface area contributed by atoms with Gasteiger partial charge >= 0.3 is 0 Å². The molecule has 1 aromatic heterocycles. The summed E-state index contributed by atoms with van der Waals surface area (Å²) in [5.41, 5.74) is 4.68. The van der Waals surface area contributed by atoms with Gasteiger partial charge in [0.25, 0.3) is 0 Å². The Kier molecular flexibility index (Phi) is 1.48. The van der Waals surface area contributed by atoms with E-state index in [-0.39, 0.29) is 0 Å². The third-order valence-electron chi connectivity index (χ3n) is 4.52. The van der Waals surface area contributed by atoms with E-state index in [1.54, 1.807) is 5.56 Å². The SMILES string of the molecule is Cc1cccc2c(C34CNCC3C4)c[nH]c12. The van der Waals surface area contributed by atoms with Crippen molar-refractivity contribution in [1.82, 2.24) is 10.3 Å². The van der Waals surface area contributed by atoms with Crippen LogP contribution in [-0.4, -0.2) is 18.1 Å². The number of hydrogen-bond donors (Lipinski definition) is 2. The molecule has 2 aromatic rings. The average molecular weight is 212 g/mol. The molecule has 1 aliphatic heterocycles. The second-order valence-corrected chi connectivity index (χ2v) is 5.39. The van der Waals surface area contributed by atoms with Crippen LogP contribution in [0.2, 0.25) is 0 Å². The van der Waals surface area contributed by atoms with E-state index in [0.717, 1.165) is 5.92 Å². The summed E-state index contributed by atoms with van der Waals surface area (Å²) in [7, 11) is 0. The van der Waals surface area contributed by atoms with E-state index in [2.05, 4.69) is 41.6 Å². The standard InChI is InChI=1S/C14H16N2/c1-9-3-2-4-11-12(7-16-13(9)11)14-5-10(14)6-15-8-14/h2-4,7,10,15-16H,5-6,8H2,1H3. The van der Waals surface area contributed by atoms with E-state index in [4.69, 9.17) is 0 Å². The summed E-state index contributed by atoms with van der Waals surface area (Å²) in [6.07, 6.45) is 3.62. The minimum Gasteiger partial charge on any atom is -0.361 e. The monoisotopic (exact) mass is 212 g/mol. The van der Waals surface area contributed by atoms with Gasteiger partial charge in [0.2, 0.25) is 0 Å². The van der Waals surface area contributed by atoms with Gasteiger partial charge in [-0.25, -0.2) is 0 Å². The van der Waals surface area contributed by atoms with Crippen molar-refractivity contribution in [2.45, 2.75) is 18.8 Å². The van der Waals surface area contributed by atoms with Crippen LogP contribution in [-0.2, 0) is 5.41 Å². The Labute approximate surface area is 95.1 Å². The molecule has 2 heteroatoms. The number of para-hydroxylation sites is 1. The summed E-state index contributed by atoms with van der Waals surface area (Å²) >= 11 is 0. The lowest BCUT2D eigenvalue weighted by Gasteiger charge is -2.10. The first-order chi connectivity index (χ1) is 7.81. The Morgan fingerprint density at radius 1 is 1.38 bits per heavy atom. The molecule has 2 heterocycles. The molecule has 1 saturated heterocycles. The lowest BCUT2D eigenvalue weighted by Crippen LogP contribution is -2.18. The van der Waals surface area contributed by atoms with Gasteiger partial charge in [0.05, 0.1) is 0 Å². The minimum absolute atomic E-state index is 0.464. The Hall–Kier alpha value is -1.28. The van der Waals surface area contributed by atoms with Gasteiger partial charge in [-0.1, -0.05) is 18.2 Å². The maximum Gasteiger partial charge on any atom is 0.0486 e. The quantitative estimate of drug-likeness (QED) is 0.746. The van der Waals surface area contributed by atoms with E-state index >= 15 is 0 Å². The van der Waals surface area contributed by atoms with Crippen LogP contribution < -0.4 is 5.32 Å². The van der Waals surface area contributed by atoms with E-state index in [9.17, 15) is 0 Å². The van der Waals surface area contributed by atoms with Crippen LogP contribution in [0.5, 0.6) is 0 Å². The van der Waals surface area contributed by atoms with E-state index in [1.807, 2.05) is 0 Å². The summed E-state index contributed by atoms with van der Waals surface area (Å²) in [5.74, 6) is 0.881. The molecule has 2 N–H and O–H groups in total. The molecule has 2 unspecified atom stereocenters. The van der Waals surface area contributed by atoms with Gasteiger partial charge in [-0.15, -0.1) is 0 Å². The number of aromatic nitrogens is 1. The maximum atomic E-state index is 3.52. The normalized spacial score (nSPS) is 31.9. The molecular formula is C14H16N2. The van der Waals surface area contributed by atoms with E-state index in [1.165, 1.54) is 36.0 Å². The fraction of sp³-hybridized carbons (Fsp3) is 0.429. The molecule has 16 heavy (non-hydrogen) atoms. The lowest BCUT2D eigenvalue weighted by molar-refractivity contribution is 0.680. The molecule has 0 spiro atoms. The highest BCUT2D eigenvalue weighted by atomic mass is 15.0. The summed E-state index contributed by atoms with van der Waals surface area (Å²) < 4.78 is 0. The van der Waals surface area contributed by atoms with Crippen LogP contribution in [0, 0.1) is 12.8 Å². The summed E-state index contributed by atoms with van der Waals surface area (Å²) in [6.45, 7) is 4.55. The van der Waals surface area contributed by atoms with Crippen molar-refractivity contribution in [2.24, 2.45) is 5.92 Å². The molecule has 2 nitrogen and oxygen atoms in total. The number of rotatable bonds is 1. The molecule has 0 bridgehead atoms. The third-order valence-corrected chi connectivity index (χ3v) is 4.52. The largest absolute Gasteiger partial charge is 0.361 e. The number of hydrogen-bond acceptors (Lipinski definition) is 1. The van der Waals surface area contributed by atoms with Gasteiger partial charge in [0, 0.05) is 29.1 Å². The number of nitrogens with one attached hydrogen (secondary N) is 2. The van der Waals surface area contributed by atoms with Gasteiger partial charge in [-0.2, -0.15) is 0 Å². The second-order valence-electron chi connectivity index (χ2n) is 5.39. The van der Waals surface area contributed by atoms with Crippen molar-refractivity contribution in [1.29, 1.82) is 0 Å². The number of benzene rings is 1. The third kappa shape index (κ3) is 0.914. The number of aryl methyl sites for hydroxylation is 1. The predicted molar refractivity (Wildman–Crippen MR) is 65.7 cm³/mol. The lowest BCUT2D eigenvalue weighted by atomic mass is 9.94. The molecule has 1 aromatic carbocycles. The van der Waals surface area contributed by atoms with Crippen molar-refractivity contribution < 1.29 is 0 Å². The first-order valence-corrected chi connectivity index (χ1v) is 6.09. The Morgan fingerprint density at radius 2 is 2.31 bits per heavy atom. The zero-order chi connectivity index (χ0) is 10.8. The van der Waals surface area contributed by atoms with Crippen LogP contribution in [0.1, 0.15) is 17.5 Å². The fourth-order valence-corrected chi connectivity index (χ4v) is 3.48. The topological polar surface area (TPSA) is 27.8 Å². The molecule has 2 atom stereocenters. The van der Waals surface area contributed by atoms with Crippen LogP contribution in [0.3, 0.4) is 0 Å². The zero-order valence-corrected chi connectivity index (χ0v) is 9.51. The molecule has 2 aliphatic rings. The zero-order valence-electron chi connectivity index (χ0n) is 9.51. The maximum absolute atomic E-state index is 3.52. The van der Waals surface area contributed by atoms with Gasteiger partial charge in [0.15, 0.2) is 0 Å². The molecule has 0 amide bonds. The Morgan fingerprint density at radius 3 is 3.06 bits per heavy atom. The van der Waals surface area contributed by atoms with Gasteiger partial charge in [-0.05, 0) is 36.9 Å². The highest BCUT2D eigenvalue weighted by Gasteiger charge is 2.58. The van der Waals surface area contributed by atoms with Crippen molar-refractivity contribution >= 4 is 10.9 Å². The van der Waals surface area contributed by atoms with Gasteiger partial charge in [0.1, 0.15) is 0 Å². The highest BCUT2D eigenvalue weighted by Crippen LogP contribution is 2.57. The summed E-state index contributed by atoms with van der Waals surface area (Å²) in [4.78, 5) is 3.46. The van der Waals surface area contributed by atoms with Crippen molar-refractivity contribution in [2.75, 3.05) is 13.1 Å². The second kappa shape index (κ2) is 2.69. The summed E-state index contributed by atoms with van der Waals surface area (Å²) in [6, 6.07) is 6.61. The van der Waals surface area contributed by atoms with Crippen molar-refractivity contribution in [3.8, 4) is 0 Å². The van der Waals surface area contributed by atoms with Crippen LogP contribution in [0.25, 0.3) is 10.9 Å². The smallest absolute Gasteiger partial charge is 0.0486 e. The number of H-pyrrole nitrogens is 1. The highest BCUT2D eigenvalue weighted by molar-refractivity contribution is 5.87. The Bertz CT molecular complexity index is 569. The molecular weight excluding hydrogens is 196 g/mol. The average Bonchev–Trinajstić information content (AvgIpc) is 2.70. The minimum atomic E-state index is 0.464. The van der Waals surface area contributed by atoms with Crippen LogP contribution in [0.15, 0.2) is 24.4 Å². The first kappa shape index (κ1) is 8.82. The Balaban J connectivity index is 1.96. The number of piperidine rings is 1. The van der Waals surface area contributed by atoms with Crippen molar-refractivity contribution in [3.05, 3.63) is 35.5 Å². The first-order valence-electron chi connectivity index (χ1n) is 6.09. The molecule has 2 fully saturated rings. The number of aromatic amines is 1.